The SMILES string of the molecule is CN(c1ccccc1)c1cc2c(cc1F)C(O)C(=O)N2. The molecule has 0 spiro atoms. The van der Waals surface area contributed by atoms with Crippen LogP contribution in [0.4, 0.5) is 21.5 Å². The van der Waals surface area contributed by atoms with E-state index in [-0.39, 0.29) is 5.56 Å². The number of anilines is 3. The van der Waals surface area contributed by atoms with Gasteiger partial charge in [0, 0.05) is 24.0 Å². The maximum Gasteiger partial charge on any atom is 0.257 e. The van der Waals surface area contributed by atoms with E-state index in [0.29, 0.717) is 11.4 Å². The summed E-state index contributed by atoms with van der Waals surface area (Å²) in [5.41, 5.74) is 1.89. The van der Waals surface area contributed by atoms with Crippen LogP contribution in [0.25, 0.3) is 0 Å². The molecule has 1 atom stereocenters. The Morgan fingerprint density at radius 3 is 2.65 bits per heavy atom. The van der Waals surface area contributed by atoms with Gasteiger partial charge in [-0.2, -0.15) is 0 Å². The molecule has 2 aromatic rings. The number of benzene rings is 2. The van der Waals surface area contributed by atoms with E-state index in [1.54, 1.807) is 11.9 Å². The summed E-state index contributed by atoms with van der Waals surface area (Å²) in [6, 6.07) is 12.1. The molecule has 1 unspecified atom stereocenters. The smallest absolute Gasteiger partial charge is 0.257 e. The molecule has 1 heterocycles. The summed E-state index contributed by atoms with van der Waals surface area (Å²) in [6.07, 6.45) is -1.30. The fourth-order valence-electron chi connectivity index (χ4n) is 2.30. The van der Waals surface area contributed by atoms with E-state index < -0.39 is 17.8 Å². The molecular formula is C15H13FN2O2. The second-order valence-electron chi connectivity index (χ2n) is 4.68. The number of amides is 1. The van der Waals surface area contributed by atoms with E-state index in [9.17, 15) is 14.3 Å². The largest absolute Gasteiger partial charge is 0.378 e. The molecule has 0 bridgehead atoms. The van der Waals surface area contributed by atoms with Crippen molar-refractivity contribution in [1.82, 2.24) is 0 Å². The predicted molar refractivity (Wildman–Crippen MR) is 74.5 cm³/mol. The van der Waals surface area contributed by atoms with Crippen LogP contribution in [-0.2, 0) is 4.79 Å². The van der Waals surface area contributed by atoms with Crippen LogP contribution in [-0.4, -0.2) is 18.1 Å². The Bertz CT molecular complexity index is 673. The van der Waals surface area contributed by atoms with Gasteiger partial charge >= 0.3 is 0 Å². The van der Waals surface area contributed by atoms with Crippen LogP contribution in [0, 0.1) is 5.82 Å². The Kier molecular flexibility index (Phi) is 2.91. The van der Waals surface area contributed by atoms with Crippen molar-refractivity contribution in [3.8, 4) is 0 Å². The van der Waals surface area contributed by atoms with Crippen molar-refractivity contribution in [2.45, 2.75) is 6.10 Å². The number of carbonyl (C=O) groups excluding carboxylic acids is 1. The van der Waals surface area contributed by atoms with Crippen LogP contribution < -0.4 is 10.2 Å². The van der Waals surface area contributed by atoms with Gasteiger partial charge in [-0.15, -0.1) is 0 Å². The molecular weight excluding hydrogens is 259 g/mol. The van der Waals surface area contributed by atoms with Crippen molar-refractivity contribution >= 4 is 23.0 Å². The maximum absolute atomic E-state index is 14.2. The third-order valence-electron chi connectivity index (χ3n) is 3.42. The molecule has 20 heavy (non-hydrogen) atoms. The zero-order valence-corrected chi connectivity index (χ0v) is 10.8. The minimum atomic E-state index is -1.30. The molecule has 0 radical (unpaired) electrons. The van der Waals surface area contributed by atoms with Crippen LogP contribution in [0.5, 0.6) is 0 Å². The topological polar surface area (TPSA) is 52.6 Å². The summed E-state index contributed by atoms with van der Waals surface area (Å²) >= 11 is 0. The molecule has 5 heteroatoms. The molecule has 4 nitrogen and oxygen atoms in total. The molecule has 1 aliphatic heterocycles. The number of fused-ring (bicyclic) bond motifs is 1. The summed E-state index contributed by atoms with van der Waals surface area (Å²) in [7, 11) is 1.74. The van der Waals surface area contributed by atoms with Gasteiger partial charge in [0.1, 0.15) is 5.82 Å². The average molecular weight is 272 g/mol. The van der Waals surface area contributed by atoms with Crippen molar-refractivity contribution in [2.75, 3.05) is 17.3 Å². The quantitative estimate of drug-likeness (QED) is 0.883. The molecule has 0 saturated carbocycles. The van der Waals surface area contributed by atoms with E-state index in [2.05, 4.69) is 5.32 Å². The third kappa shape index (κ3) is 1.92. The van der Waals surface area contributed by atoms with Gasteiger partial charge in [0.15, 0.2) is 6.10 Å². The number of nitrogens with one attached hydrogen (secondary N) is 1. The van der Waals surface area contributed by atoms with Crippen LogP contribution in [0.3, 0.4) is 0 Å². The number of para-hydroxylation sites is 1. The first-order valence-electron chi connectivity index (χ1n) is 6.19. The second-order valence-corrected chi connectivity index (χ2v) is 4.68. The van der Waals surface area contributed by atoms with Crippen molar-refractivity contribution in [3.63, 3.8) is 0 Å². The zero-order chi connectivity index (χ0) is 14.3. The Morgan fingerprint density at radius 2 is 1.95 bits per heavy atom. The summed E-state index contributed by atoms with van der Waals surface area (Å²) in [5, 5.41) is 12.2. The van der Waals surface area contributed by atoms with Gasteiger partial charge < -0.3 is 15.3 Å². The predicted octanol–water partition coefficient (Wildman–Crippen LogP) is 2.58. The molecule has 2 N–H and O–H groups in total. The highest BCUT2D eigenvalue weighted by atomic mass is 19.1. The Morgan fingerprint density at radius 1 is 1.25 bits per heavy atom. The molecule has 2 aromatic carbocycles. The highest BCUT2D eigenvalue weighted by molar-refractivity contribution is 6.02. The van der Waals surface area contributed by atoms with Gasteiger partial charge in [-0.25, -0.2) is 4.39 Å². The Balaban J connectivity index is 2.04. The first kappa shape index (κ1) is 12.6. The molecule has 0 aliphatic carbocycles. The minimum absolute atomic E-state index is 0.276. The molecule has 0 aromatic heterocycles. The van der Waals surface area contributed by atoms with E-state index in [1.165, 1.54) is 12.1 Å². The van der Waals surface area contributed by atoms with E-state index >= 15 is 0 Å². The number of aliphatic hydroxyl groups excluding tert-OH is 1. The molecule has 1 amide bonds. The van der Waals surface area contributed by atoms with Gasteiger partial charge in [-0.1, -0.05) is 18.2 Å². The molecule has 102 valence electrons. The monoisotopic (exact) mass is 272 g/mol. The Hall–Kier alpha value is -2.40. The van der Waals surface area contributed by atoms with Crippen LogP contribution in [0.1, 0.15) is 11.7 Å². The number of aliphatic hydroxyl groups is 1. The summed E-state index contributed by atoms with van der Waals surface area (Å²) in [4.78, 5) is 13.1. The van der Waals surface area contributed by atoms with Gasteiger partial charge in [0.25, 0.3) is 5.91 Å². The number of carbonyl (C=O) groups is 1. The van der Waals surface area contributed by atoms with E-state index in [1.807, 2.05) is 30.3 Å². The van der Waals surface area contributed by atoms with Crippen LogP contribution >= 0.6 is 0 Å². The van der Waals surface area contributed by atoms with Crippen LogP contribution in [0.2, 0.25) is 0 Å². The van der Waals surface area contributed by atoms with Gasteiger partial charge in [0.05, 0.1) is 5.69 Å². The molecule has 1 aliphatic rings. The molecule has 3 rings (SSSR count). The number of hydrogen-bond acceptors (Lipinski definition) is 3. The lowest BCUT2D eigenvalue weighted by molar-refractivity contribution is -0.123. The zero-order valence-electron chi connectivity index (χ0n) is 10.8. The molecule has 0 fully saturated rings. The third-order valence-corrected chi connectivity index (χ3v) is 3.42. The van der Waals surface area contributed by atoms with Gasteiger partial charge in [-0.05, 0) is 24.3 Å². The highest BCUT2D eigenvalue weighted by Gasteiger charge is 2.30. The van der Waals surface area contributed by atoms with Crippen molar-refractivity contribution in [3.05, 3.63) is 53.8 Å². The van der Waals surface area contributed by atoms with E-state index in [0.717, 1.165) is 5.69 Å². The Labute approximate surface area is 115 Å². The van der Waals surface area contributed by atoms with E-state index in [4.69, 9.17) is 0 Å². The van der Waals surface area contributed by atoms with Crippen LogP contribution in [0.15, 0.2) is 42.5 Å². The van der Waals surface area contributed by atoms with Gasteiger partial charge in [-0.3, -0.25) is 4.79 Å². The highest BCUT2D eigenvalue weighted by Crippen LogP contribution is 2.37. The maximum atomic E-state index is 14.2. The van der Waals surface area contributed by atoms with Crippen molar-refractivity contribution < 1.29 is 14.3 Å². The van der Waals surface area contributed by atoms with Crippen molar-refractivity contribution in [1.29, 1.82) is 0 Å². The lowest BCUT2D eigenvalue weighted by Crippen LogP contribution is -2.11. The normalized spacial score (nSPS) is 16.8. The standard InChI is InChI=1S/C15H13FN2O2/c1-18(9-5-3-2-4-6-9)13-8-12-10(7-11(13)16)14(19)15(20)17-12/h2-8,14,19H,1H3,(H,17,20). The van der Waals surface area contributed by atoms with Gasteiger partial charge in [0.2, 0.25) is 0 Å². The number of halogens is 1. The fraction of sp³-hybridized carbons (Fsp3) is 0.133. The fourth-order valence-corrected chi connectivity index (χ4v) is 2.30. The lowest BCUT2D eigenvalue weighted by atomic mass is 10.1. The average Bonchev–Trinajstić information content (AvgIpc) is 2.74. The second kappa shape index (κ2) is 4.61. The summed E-state index contributed by atoms with van der Waals surface area (Å²) in [6.45, 7) is 0. The minimum Gasteiger partial charge on any atom is -0.378 e. The first-order valence-corrected chi connectivity index (χ1v) is 6.19. The summed E-state index contributed by atoms with van der Waals surface area (Å²) < 4.78 is 14.2. The summed E-state index contributed by atoms with van der Waals surface area (Å²) in [5.74, 6) is -1.01. The van der Waals surface area contributed by atoms with Crippen molar-refractivity contribution in [2.24, 2.45) is 0 Å². The number of nitrogens with zero attached hydrogens (tertiary/aromatic N) is 1. The number of hydrogen-bond donors (Lipinski definition) is 2. The number of rotatable bonds is 2. The lowest BCUT2D eigenvalue weighted by Gasteiger charge is -2.21. The first-order chi connectivity index (χ1) is 9.58. The molecule has 0 saturated heterocycles.